The molecule has 6 nitrogen and oxygen atoms in total. The Balaban J connectivity index is 1.86. The van der Waals surface area contributed by atoms with Gasteiger partial charge in [0.2, 0.25) is 5.91 Å². The summed E-state index contributed by atoms with van der Waals surface area (Å²) in [5.41, 5.74) is 1.77. The predicted molar refractivity (Wildman–Crippen MR) is 82.1 cm³/mol. The van der Waals surface area contributed by atoms with Gasteiger partial charge in [-0.15, -0.1) is 0 Å². The highest BCUT2D eigenvalue weighted by molar-refractivity contribution is 5.91. The number of benzene rings is 1. The minimum Gasteiger partial charge on any atom is -0.472 e. The number of rotatable bonds is 6. The van der Waals surface area contributed by atoms with E-state index in [1.54, 1.807) is 30.7 Å². The van der Waals surface area contributed by atoms with Gasteiger partial charge >= 0.3 is 0 Å². The number of non-ortho nitro benzene ring substituents is 1. The SMILES string of the molecule is CC(Cc1ccoc1)NC(=O)/C=C/c1ccc([N+](=O)[O-])cc1. The quantitative estimate of drug-likeness (QED) is 0.505. The first-order valence-electron chi connectivity index (χ1n) is 6.78. The average molecular weight is 300 g/mol. The third kappa shape index (κ3) is 4.59. The van der Waals surface area contributed by atoms with E-state index in [0.717, 1.165) is 11.1 Å². The molecular weight excluding hydrogens is 284 g/mol. The summed E-state index contributed by atoms with van der Waals surface area (Å²) in [5.74, 6) is -0.214. The largest absolute Gasteiger partial charge is 0.472 e. The van der Waals surface area contributed by atoms with Crippen molar-refractivity contribution in [3.63, 3.8) is 0 Å². The maximum Gasteiger partial charge on any atom is 0.269 e. The zero-order valence-corrected chi connectivity index (χ0v) is 12.1. The van der Waals surface area contributed by atoms with Gasteiger partial charge in [-0.2, -0.15) is 0 Å². The molecule has 0 aliphatic rings. The zero-order valence-electron chi connectivity index (χ0n) is 12.1. The van der Waals surface area contributed by atoms with Crippen molar-refractivity contribution in [3.05, 3.63) is 70.2 Å². The molecule has 1 heterocycles. The Kier molecular flexibility index (Phi) is 5.08. The second kappa shape index (κ2) is 7.21. The second-order valence-electron chi connectivity index (χ2n) is 4.93. The van der Waals surface area contributed by atoms with Crippen LogP contribution in [-0.4, -0.2) is 16.9 Å². The summed E-state index contributed by atoms with van der Waals surface area (Å²) in [6.07, 6.45) is 6.96. The van der Waals surface area contributed by atoms with E-state index in [4.69, 9.17) is 4.42 Å². The summed E-state index contributed by atoms with van der Waals surface area (Å²) >= 11 is 0. The predicted octanol–water partition coefficient (Wildman–Crippen LogP) is 2.95. The summed E-state index contributed by atoms with van der Waals surface area (Å²) in [4.78, 5) is 21.9. The van der Waals surface area contributed by atoms with E-state index >= 15 is 0 Å². The Morgan fingerprint density at radius 1 is 1.36 bits per heavy atom. The van der Waals surface area contributed by atoms with Crippen molar-refractivity contribution in [2.45, 2.75) is 19.4 Å². The van der Waals surface area contributed by atoms with Crippen LogP contribution in [-0.2, 0) is 11.2 Å². The molecule has 1 N–H and O–H groups in total. The molecule has 0 fully saturated rings. The smallest absolute Gasteiger partial charge is 0.269 e. The van der Waals surface area contributed by atoms with Crippen LogP contribution in [0, 0.1) is 10.1 Å². The van der Waals surface area contributed by atoms with Crippen molar-refractivity contribution >= 4 is 17.7 Å². The molecule has 1 amide bonds. The van der Waals surface area contributed by atoms with Crippen LogP contribution in [0.3, 0.4) is 0 Å². The third-order valence-corrected chi connectivity index (χ3v) is 3.04. The van der Waals surface area contributed by atoms with Gasteiger partial charge < -0.3 is 9.73 Å². The molecule has 0 aliphatic heterocycles. The molecule has 2 aromatic rings. The number of carbonyl (C=O) groups excluding carboxylic acids is 1. The van der Waals surface area contributed by atoms with Gasteiger partial charge in [0.15, 0.2) is 0 Å². The number of hydrogen-bond acceptors (Lipinski definition) is 4. The van der Waals surface area contributed by atoms with E-state index in [1.807, 2.05) is 13.0 Å². The maximum absolute atomic E-state index is 11.8. The Morgan fingerprint density at radius 3 is 2.68 bits per heavy atom. The summed E-state index contributed by atoms with van der Waals surface area (Å²) in [5, 5.41) is 13.4. The van der Waals surface area contributed by atoms with Gasteiger partial charge in [0, 0.05) is 24.3 Å². The zero-order chi connectivity index (χ0) is 15.9. The molecule has 22 heavy (non-hydrogen) atoms. The molecule has 1 aromatic heterocycles. The highest BCUT2D eigenvalue weighted by atomic mass is 16.6. The maximum atomic E-state index is 11.8. The minimum atomic E-state index is -0.461. The van der Waals surface area contributed by atoms with Crippen LogP contribution < -0.4 is 5.32 Å². The summed E-state index contributed by atoms with van der Waals surface area (Å²) in [6.45, 7) is 1.91. The van der Waals surface area contributed by atoms with Crippen molar-refractivity contribution in [1.82, 2.24) is 5.32 Å². The Morgan fingerprint density at radius 2 is 2.09 bits per heavy atom. The molecule has 0 bridgehead atoms. The highest BCUT2D eigenvalue weighted by Gasteiger charge is 2.07. The van der Waals surface area contributed by atoms with Crippen molar-refractivity contribution in [3.8, 4) is 0 Å². The third-order valence-electron chi connectivity index (χ3n) is 3.04. The molecule has 2 rings (SSSR count). The number of nitrogens with one attached hydrogen (secondary N) is 1. The highest BCUT2D eigenvalue weighted by Crippen LogP contribution is 2.12. The number of amides is 1. The number of nitro benzene ring substituents is 1. The van der Waals surface area contributed by atoms with E-state index in [0.29, 0.717) is 6.42 Å². The van der Waals surface area contributed by atoms with Crippen molar-refractivity contribution in [2.24, 2.45) is 0 Å². The van der Waals surface area contributed by atoms with E-state index in [2.05, 4.69) is 5.32 Å². The lowest BCUT2D eigenvalue weighted by molar-refractivity contribution is -0.384. The molecule has 1 atom stereocenters. The number of furan rings is 1. The number of nitrogens with zero attached hydrogens (tertiary/aromatic N) is 1. The fourth-order valence-electron chi connectivity index (χ4n) is 1.98. The molecule has 114 valence electrons. The van der Waals surface area contributed by atoms with Gasteiger partial charge in [-0.05, 0) is 48.7 Å². The number of nitro groups is 1. The lowest BCUT2D eigenvalue weighted by Gasteiger charge is -2.10. The monoisotopic (exact) mass is 300 g/mol. The molecule has 1 unspecified atom stereocenters. The first kappa shape index (κ1) is 15.5. The van der Waals surface area contributed by atoms with Crippen LogP contribution in [0.1, 0.15) is 18.1 Å². The van der Waals surface area contributed by atoms with Gasteiger partial charge in [0.1, 0.15) is 0 Å². The van der Waals surface area contributed by atoms with Crippen LogP contribution in [0.15, 0.2) is 53.4 Å². The molecule has 0 spiro atoms. The second-order valence-corrected chi connectivity index (χ2v) is 4.93. The Bertz CT molecular complexity index is 660. The Labute approximate surface area is 127 Å². The van der Waals surface area contributed by atoms with E-state index in [9.17, 15) is 14.9 Å². The topological polar surface area (TPSA) is 85.4 Å². The molecule has 6 heteroatoms. The molecule has 0 aliphatic carbocycles. The normalized spacial score (nSPS) is 12.2. The average Bonchev–Trinajstić information content (AvgIpc) is 2.98. The molecule has 0 radical (unpaired) electrons. The first-order valence-corrected chi connectivity index (χ1v) is 6.78. The van der Waals surface area contributed by atoms with Crippen LogP contribution in [0.4, 0.5) is 5.69 Å². The van der Waals surface area contributed by atoms with Crippen LogP contribution in [0.25, 0.3) is 6.08 Å². The lowest BCUT2D eigenvalue weighted by atomic mass is 10.1. The Hall–Kier alpha value is -2.89. The van der Waals surface area contributed by atoms with Crippen molar-refractivity contribution in [2.75, 3.05) is 0 Å². The number of hydrogen-bond donors (Lipinski definition) is 1. The van der Waals surface area contributed by atoms with Crippen LogP contribution >= 0.6 is 0 Å². The van der Waals surface area contributed by atoms with Gasteiger partial charge in [-0.1, -0.05) is 0 Å². The van der Waals surface area contributed by atoms with E-state index in [1.165, 1.54) is 18.2 Å². The van der Waals surface area contributed by atoms with Crippen molar-refractivity contribution in [1.29, 1.82) is 0 Å². The molecular formula is C16H16N2O4. The summed E-state index contributed by atoms with van der Waals surface area (Å²) in [6, 6.07) is 7.83. The summed E-state index contributed by atoms with van der Waals surface area (Å²) in [7, 11) is 0. The van der Waals surface area contributed by atoms with Gasteiger partial charge in [0.05, 0.1) is 17.4 Å². The lowest BCUT2D eigenvalue weighted by Crippen LogP contribution is -2.32. The first-order chi connectivity index (χ1) is 10.5. The van der Waals surface area contributed by atoms with Gasteiger partial charge in [0.25, 0.3) is 5.69 Å². The summed E-state index contributed by atoms with van der Waals surface area (Å²) < 4.78 is 4.98. The minimum absolute atomic E-state index is 0.0217. The van der Waals surface area contributed by atoms with Gasteiger partial charge in [-0.3, -0.25) is 14.9 Å². The van der Waals surface area contributed by atoms with Gasteiger partial charge in [-0.25, -0.2) is 0 Å². The molecule has 1 aromatic carbocycles. The van der Waals surface area contributed by atoms with E-state index in [-0.39, 0.29) is 17.6 Å². The van der Waals surface area contributed by atoms with Crippen LogP contribution in [0.5, 0.6) is 0 Å². The molecule has 0 saturated heterocycles. The molecule has 0 saturated carbocycles. The standard InChI is InChI=1S/C16H16N2O4/c1-12(10-14-8-9-22-11-14)17-16(19)7-4-13-2-5-15(6-3-13)18(20)21/h2-9,11-12H,10H2,1H3,(H,17,19)/b7-4+. The number of carbonyl (C=O) groups is 1. The fraction of sp³-hybridized carbons (Fsp3) is 0.188. The fourth-order valence-corrected chi connectivity index (χ4v) is 1.98. The van der Waals surface area contributed by atoms with E-state index < -0.39 is 4.92 Å². The van der Waals surface area contributed by atoms with Crippen molar-refractivity contribution < 1.29 is 14.1 Å². The van der Waals surface area contributed by atoms with Crippen LogP contribution in [0.2, 0.25) is 0 Å².